The highest BCUT2D eigenvalue weighted by molar-refractivity contribution is 6.05. The number of hydrogen-bond acceptors (Lipinski definition) is 5. The van der Waals surface area contributed by atoms with Gasteiger partial charge in [-0.05, 0) is 48.6 Å². The molecule has 2 heterocycles. The molecule has 1 aromatic heterocycles. The van der Waals surface area contributed by atoms with Gasteiger partial charge in [-0.15, -0.1) is 0 Å². The van der Waals surface area contributed by atoms with Crippen molar-refractivity contribution in [1.29, 1.82) is 0 Å². The molecule has 2 aromatic carbocycles. The Morgan fingerprint density at radius 1 is 1.12 bits per heavy atom. The van der Waals surface area contributed by atoms with Crippen LogP contribution in [-0.4, -0.2) is 39.9 Å². The van der Waals surface area contributed by atoms with Gasteiger partial charge >= 0.3 is 5.97 Å². The molecule has 3 atom stereocenters. The van der Waals surface area contributed by atoms with Gasteiger partial charge in [0.25, 0.3) is 0 Å². The summed E-state index contributed by atoms with van der Waals surface area (Å²) in [6.45, 7) is 1.98. The Morgan fingerprint density at radius 2 is 1.91 bits per heavy atom. The Balaban J connectivity index is 1.25. The number of ether oxygens (including phenoxy) is 1. The smallest absolute Gasteiger partial charge is 0.326 e. The number of aliphatic carboxylic acids is 1. The van der Waals surface area contributed by atoms with E-state index in [1.54, 1.807) is 24.3 Å². The Morgan fingerprint density at radius 3 is 2.66 bits per heavy atom. The van der Waals surface area contributed by atoms with E-state index in [4.69, 9.17) is 9.15 Å². The summed E-state index contributed by atoms with van der Waals surface area (Å²) in [4.78, 5) is 38.0. The van der Waals surface area contributed by atoms with Crippen LogP contribution in [0.15, 0.2) is 59.0 Å². The van der Waals surface area contributed by atoms with E-state index in [1.807, 2.05) is 37.3 Å². The van der Waals surface area contributed by atoms with Crippen LogP contribution in [0, 0.1) is 5.41 Å². The molecule has 32 heavy (non-hydrogen) atoms. The summed E-state index contributed by atoms with van der Waals surface area (Å²) in [7, 11) is 0. The molecule has 8 heteroatoms. The Kier molecular flexibility index (Phi) is 4.65. The number of rotatable bonds is 6. The molecule has 1 aliphatic heterocycles. The van der Waals surface area contributed by atoms with Crippen LogP contribution in [-0.2, 0) is 14.4 Å². The third-order valence-corrected chi connectivity index (χ3v) is 6.25. The van der Waals surface area contributed by atoms with Crippen LogP contribution >= 0.6 is 0 Å². The van der Waals surface area contributed by atoms with Gasteiger partial charge in [-0.2, -0.15) is 0 Å². The first-order valence-corrected chi connectivity index (χ1v) is 10.4. The van der Waals surface area contributed by atoms with E-state index in [0.717, 1.165) is 11.8 Å². The van der Waals surface area contributed by atoms with Crippen LogP contribution in [0.25, 0.3) is 11.0 Å². The summed E-state index contributed by atoms with van der Waals surface area (Å²) in [6.07, 6.45) is 0.772. The Hall–Kier alpha value is -3.81. The minimum absolute atomic E-state index is 0.0989. The van der Waals surface area contributed by atoms with Crippen LogP contribution in [0.4, 0.5) is 5.88 Å². The first kappa shape index (κ1) is 20.1. The summed E-state index contributed by atoms with van der Waals surface area (Å²) in [6, 6.07) is 15.3. The molecule has 8 nitrogen and oxygen atoms in total. The van der Waals surface area contributed by atoms with Gasteiger partial charge in [0.1, 0.15) is 29.5 Å². The van der Waals surface area contributed by atoms with E-state index in [1.165, 1.54) is 4.90 Å². The zero-order valence-corrected chi connectivity index (χ0v) is 17.4. The number of fused-ring (bicyclic) bond motifs is 2. The van der Waals surface area contributed by atoms with E-state index >= 15 is 0 Å². The average molecular weight is 434 g/mol. The fourth-order valence-electron chi connectivity index (χ4n) is 4.53. The quantitative estimate of drug-likeness (QED) is 0.567. The second-order valence-electron chi connectivity index (χ2n) is 8.68. The highest BCUT2D eigenvalue weighted by atomic mass is 16.5. The second kappa shape index (κ2) is 7.40. The van der Waals surface area contributed by atoms with Gasteiger partial charge in [-0.3, -0.25) is 14.9 Å². The molecule has 0 spiro atoms. The number of para-hydroxylation sites is 1. The molecule has 2 aliphatic rings. The number of anilines is 1. The maximum atomic E-state index is 12.7. The molecule has 0 bridgehead atoms. The molecule has 2 fully saturated rings. The summed E-state index contributed by atoms with van der Waals surface area (Å²) in [5.41, 5.74) is 0.416. The normalized spacial score (nSPS) is 23.6. The number of likely N-dealkylation sites (tertiary alicyclic amines) is 1. The van der Waals surface area contributed by atoms with Crippen molar-refractivity contribution in [3.05, 3.63) is 54.6 Å². The van der Waals surface area contributed by atoms with Crippen molar-refractivity contribution in [2.24, 2.45) is 5.41 Å². The molecule has 2 amide bonds. The van der Waals surface area contributed by atoms with Gasteiger partial charge in [0.2, 0.25) is 17.7 Å². The fourth-order valence-corrected chi connectivity index (χ4v) is 4.53. The topological polar surface area (TPSA) is 109 Å². The predicted molar refractivity (Wildman–Crippen MR) is 115 cm³/mol. The van der Waals surface area contributed by atoms with E-state index in [9.17, 15) is 19.5 Å². The van der Waals surface area contributed by atoms with E-state index < -0.39 is 30.2 Å². The molecule has 0 unspecified atom stereocenters. The summed E-state index contributed by atoms with van der Waals surface area (Å²) in [5, 5.41) is 12.8. The van der Waals surface area contributed by atoms with Crippen LogP contribution in [0.2, 0.25) is 0 Å². The summed E-state index contributed by atoms with van der Waals surface area (Å²) >= 11 is 0. The Bertz CT molecular complexity index is 1220. The van der Waals surface area contributed by atoms with Gasteiger partial charge in [-0.25, -0.2) is 4.79 Å². The van der Waals surface area contributed by atoms with Crippen molar-refractivity contribution in [3.63, 3.8) is 0 Å². The number of hydrogen-bond donors (Lipinski definition) is 2. The van der Waals surface area contributed by atoms with Gasteiger partial charge in [0.15, 0.2) is 0 Å². The lowest BCUT2D eigenvalue weighted by Crippen LogP contribution is -2.44. The van der Waals surface area contributed by atoms with Gasteiger partial charge in [-0.1, -0.05) is 25.1 Å². The van der Waals surface area contributed by atoms with Crippen molar-refractivity contribution in [3.8, 4) is 11.5 Å². The molecule has 1 saturated carbocycles. The standard InChI is InChI=1S/C24H22N2O6/c1-24-12-17(23(29)30)26(19(24)13-24)22(28)11-20(27)25-21-10-14-9-16(7-8-18(14)32-21)31-15-5-3-2-4-6-15/h2-10,17,19H,11-13H2,1H3,(H,25,27)(H,29,30)/t17-,19-,24+/m0/s1. The number of nitrogens with zero attached hydrogens (tertiary/aromatic N) is 1. The SMILES string of the molecule is C[C@@]12C[C@@H]1N(C(=O)CC(=O)Nc1cc3cc(Oc4ccccc4)ccc3o1)[C@H](C(=O)O)C2. The minimum atomic E-state index is -1.03. The molecular weight excluding hydrogens is 412 g/mol. The predicted octanol–water partition coefficient (Wildman–Crippen LogP) is 4.02. The summed E-state index contributed by atoms with van der Waals surface area (Å²) in [5.74, 6) is -0.515. The lowest BCUT2D eigenvalue weighted by Gasteiger charge is -2.24. The van der Waals surface area contributed by atoms with Crippen LogP contribution in [0.3, 0.4) is 0 Å². The average Bonchev–Trinajstić information content (AvgIpc) is 3.09. The molecule has 5 rings (SSSR count). The lowest BCUT2D eigenvalue weighted by atomic mass is 10.0. The van der Waals surface area contributed by atoms with Crippen LogP contribution in [0.1, 0.15) is 26.2 Å². The number of benzene rings is 2. The number of furan rings is 1. The Labute approximate surface area is 183 Å². The van der Waals surface area contributed by atoms with Crippen molar-refractivity contribution in [2.75, 3.05) is 5.32 Å². The molecule has 1 aliphatic carbocycles. The van der Waals surface area contributed by atoms with Crippen LogP contribution in [0.5, 0.6) is 11.5 Å². The highest BCUT2D eigenvalue weighted by Gasteiger charge is 2.64. The summed E-state index contributed by atoms with van der Waals surface area (Å²) < 4.78 is 11.5. The van der Waals surface area contributed by atoms with Crippen molar-refractivity contribution < 1.29 is 28.6 Å². The van der Waals surface area contributed by atoms with Gasteiger partial charge in [0.05, 0.1) is 0 Å². The monoisotopic (exact) mass is 434 g/mol. The molecule has 1 saturated heterocycles. The third-order valence-electron chi connectivity index (χ3n) is 6.25. The second-order valence-corrected chi connectivity index (χ2v) is 8.68. The van der Waals surface area contributed by atoms with Crippen molar-refractivity contribution >= 4 is 34.6 Å². The third kappa shape index (κ3) is 3.68. The number of amides is 2. The van der Waals surface area contributed by atoms with Gasteiger partial charge < -0.3 is 19.2 Å². The fraction of sp³-hybridized carbons (Fsp3) is 0.292. The number of carboxylic acid groups (broad SMARTS) is 1. The zero-order chi connectivity index (χ0) is 22.5. The molecular formula is C24H22N2O6. The van der Waals surface area contributed by atoms with Gasteiger partial charge in [0, 0.05) is 17.5 Å². The number of carbonyl (C=O) groups excluding carboxylic acids is 2. The van der Waals surface area contributed by atoms with E-state index in [2.05, 4.69) is 5.32 Å². The van der Waals surface area contributed by atoms with Crippen molar-refractivity contribution in [1.82, 2.24) is 4.90 Å². The zero-order valence-electron chi connectivity index (χ0n) is 17.4. The largest absolute Gasteiger partial charge is 0.480 e. The molecule has 2 N–H and O–H groups in total. The van der Waals surface area contributed by atoms with E-state index in [-0.39, 0.29) is 17.3 Å². The number of piperidine rings is 1. The maximum absolute atomic E-state index is 12.7. The molecule has 3 aromatic rings. The van der Waals surface area contributed by atoms with E-state index in [0.29, 0.717) is 23.5 Å². The van der Waals surface area contributed by atoms with Crippen molar-refractivity contribution in [2.45, 2.75) is 38.3 Å². The maximum Gasteiger partial charge on any atom is 0.326 e. The first-order chi connectivity index (χ1) is 15.3. The lowest BCUT2D eigenvalue weighted by molar-refractivity contribution is -0.150. The highest BCUT2D eigenvalue weighted by Crippen LogP contribution is 2.59. The number of carbonyl (C=O) groups is 3. The first-order valence-electron chi connectivity index (χ1n) is 10.4. The number of carboxylic acids is 1. The number of nitrogens with one attached hydrogen (secondary N) is 1. The molecule has 164 valence electrons. The van der Waals surface area contributed by atoms with Crippen LogP contribution < -0.4 is 10.1 Å². The molecule has 0 radical (unpaired) electrons. The minimum Gasteiger partial charge on any atom is -0.480 e.